The van der Waals surface area contributed by atoms with E-state index in [0.29, 0.717) is 10.0 Å². The SMILES string of the molecule is Clc1cccc(C=NNc2cccc3cccnc23)c1Cl. The molecule has 0 aliphatic rings. The van der Waals surface area contributed by atoms with Crippen LogP contribution < -0.4 is 5.43 Å². The van der Waals surface area contributed by atoms with Crippen molar-refractivity contribution < 1.29 is 0 Å². The van der Waals surface area contributed by atoms with Crippen molar-refractivity contribution in [3.8, 4) is 0 Å². The van der Waals surface area contributed by atoms with Crippen LogP contribution in [-0.4, -0.2) is 11.2 Å². The van der Waals surface area contributed by atoms with Gasteiger partial charge in [-0.25, -0.2) is 0 Å². The Morgan fingerprint density at radius 2 is 1.81 bits per heavy atom. The molecule has 0 bridgehead atoms. The van der Waals surface area contributed by atoms with Gasteiger partial charge in [0.1, 0.15) is 0 Å². The fraction of sp³-hybridized carbons (Fsp3) is 0. The number of benzene rings is 2. The number of anilines is 1. The monoisotopic (exact) mass is 315 g/mol. The molecule has 1 N–H and O–H groups in total. The van der Waals surface area contributed by atoms with Crippen LogP contribution in [0, 0.1) is 0 Å². The van der Waals surface area contributed by atoms with Crippen LogP contribution in [0.5, 0.6) is 0 Å². The molecule has 0 radical (unpaired) electrons. The summed E-state index contributed by atoms with van der Waals surface area (Å²) in [5, 5.41) is 6.25. The third-order valence-electron chi connectivity index (χ3n) is 3.00. The molecule has 0 saturated heterocycles. The minimum atomic E-state index is 0.487. The van der Waals surface area contributed by atoms with Crippen molar-refractivity contribution in [3.05, 3.63) is 70.3 Å². The predicted molar refractivity (Wildman–Crippen MR) is 89.4 cm³/mol. The molecule has 0 aliphatic heterocycles. The Bertz CT molecular complexity index is 810. The van der Waals surface area contributed by atoms with Crippen LogP contribution in [0.15, 0.2) is 59.8 Å². The molecule has 104 valence electrons. The van der Waals surface area contributed by atoms with Crippen LogP contribution in [0.4, 0.5) is 5.69 Å². The Balaban J connectivity index is 1.86. The van der Waals surface area contributed by atoms with E-state index in [9.17, 15) is 0 Å². The summed E-state index contributed by atoms with van der Waals surface area (Å²) in [7, 11) is 0. The number of aromatic nitrogens is 1. The van der Waals surface area contributed by atoms with Crippen LogP contribution in [0.3, 0.4) is 0 Å². The quantitative estimate of drug-likeness (QED) is 0.546. The first-order valence-corrected chi connectivity index (χ1v) is 7.08. The Morgan fingerprint density at radius 3 is 2.71 bits per heavy atom. The molecule has 0 amide bonds. The molecule has 3 rings (SSSR count). The van der Waals surface area contributed by atoms with Gasteiger partial charge in [0.15, 0.2) is 0 Å². The molecule has 5 heteroatoms. The Labute approximate surface area is 132 Å². The predicted octanol–water partition coefficient (Wildman–Crippen LogP) is 4.99. The van der Waals surface area contributed by atoms with Crippen LogP contribution in [-0.2, 0) is 0 Å². The highest BCUT2D eigenvalue weighted by molar-refractivity contribution is 6.43. The van der Waals surface area contributed by atoms with Crippen molar-refractivity contribution in [1.82, 2.24) is 4.98 Å². The van der Waals surface area contributed by atoms with Gasteiger partial charge >= 0.3 is 0 Å². The van der Waals surface area contributed by atoms with Crippen molar-refractivity contribution in [2.45, 2.75) is 0 Å². The highest BCUT2D eigenvalue weighted by Gasteiger charge is 2.02. The van der Waals surface area contributed by atoms with Crippen molar-refractivity contribution in [3.63, 3.8) is 0 Å². The number of hydrazone groups is 1. The third-order valence-corrected chi connectivity index (χ3v) is 3.84. The van der Waals surface area contributed by atoms with Crippen LogP contribution in [0.2, 0.25) is 10.0 Å². The molecule has 0 fully saturated rings. The van der Waals surface area contributed by atoms with Gasteiger partial charge in [0.25, 0.3) is 0 Å². The van der Waals surface area contributed by atoms with Gasteiger partial charge in [-0.15, -0.1) is 0 Å². The molecule has 21 heavy (non-hydrogen) atoms. The molecule has 0 atom stereocenters. The lowest BCUT2D eigenvalue weighted by Gasteiger charge is -2.04. The summed E-state index contributed by atoms with van der Waals surface area (Å²) in [6.45, 7) is 0. The largest absolute Gasteiger partial charge is 0.276 e. The second-order valence-corrected chi connectivity index (χ2v) is 5.18. The summed E-state index contributed by atoms with van der Waals surface area (Å²) in [6, 6.07) is 15.2. The Kier molecular flexibility index (Phi) is 4.04. The lowest BCUT2D eigenvalue weighted by molar-refractivity contribution is 1.33. The average Bonchev–Trinajstić information content (AvgIpc) is 2.52. The van der Waals surface area contributed by atoms with E-state index in [1.165, 1.54) is 0 Å². The molecule has 3 nitrogen and oxygen atoms in total. The number of fused-ring (bicyclic) bond motifs is 1. The van der Waals surface area contributed by atoms with E-state index in [0.717, 1.165) is 22.2 Å². The minimum Gasteiger partial charge on any atom is -0.276 e. The smallest absolute Gasteiger partial charge is 0.0951 e. The van der Waals surface area contributed by atoms with E-state index in [-0.39, 0.29) is 0 Å². The normalized spacial score (nSPS) is 11.1. The van der Waals surface area contributed by atoms with E-state index in [4.69, 9.17) is 23.2 Å². The zero-order chi connectivity index (χ0) is 14.7. The van der Waals surface area contributed by atoms with Crippen molar-refractivity contribution >= 4 is 46.0 Å². The molecule has 2 aromatic carbocycles. The van der Waals surface area contributed by atoms with Crippen LogP contribution in [0.1, 0.15) is 5.56 Å². The maximum atomic E-state index is 6.11. The van der Waals surface area contributed by atoms with Gasteiger partial charge in [0.2, 0.25) is 0 Å². The number of nitrogens with one attached hydrogen (secondary N) is 1. The zero-order valence-electron chi connectivity index (χ0n) is 10.9. The van der Waals surface area contributed by atoms with E-state index in [1.807, 2.05) is 42.5 Å². The van der Waals surface area contributed by atoms with Gasteiger partial charge < -0.3 is 0 Å². The second kappa shape index (κ2) is 6.12. The van der Waals surface area contributed by atoms with Gasteiger partial charge in [-0.2, -0.15) is 5.10 Å². The first-order chi connectivity index (χ1) is 10.3. The fourth-order valence-electron chi connectivity index (χ4n) is 1.99. The minimum absolute atomic E-state index is 0.487. The highest BCUT2D eigenvalue weighted by atomic mass is 35.5. The molecular weight excluding hydrogens is 305 g/mol. The van der Waals surface area contributed by atoms with Gasteiger partial charge in [0.05, 0.1) is 27.5 Å². The van der Waals surface area contributed by atoms with E-state index >= 15 is 0 Å². The summed E-state index contributed by atoms with van der Waals surface area (Å²) in [4.78, 5) is 4.35. The summed E-state index contributed by atoms with van der Waals surface area (Å²) >= 11 is 12.1. The summed E-state index contributed by atoms with van der Waals surface area (Å²) in [5.41, 5.74) is 5.45. The Morgan fingerprint density at radius 1 is 1.00 bits per heavy atom. The number of nitrogens with zero attached hydrogens (tertiary/aromatic N) is 2. The molecular formula is C16H11Cl2N3. The molecule has 1 heterocycles. The number of hydrogen-bond acceptors (Lipinski definition) is 3. The van der Waals surface area contributed by atoms with Gasteiger partial charge in [-0.3, -0.25) is 10.4 Å². The standard InChI is InChI=1S/C16H11Cl2N3/c17-13-7-1-5-12(15(13)18)10-20-21-14-8-2-4-11-6-3-9-19-16(11)14/h1-10,21H. The number of halogens is 2. The number of para-hydroxylation sites is 1. The second-order valence-electron chi connectivity index (χ2n) is 4.39. The first-order valence-electron chi connectivity index (χ1n) is 6.32. The lowest BCUT2D eigenvalue weighted by Crippen LogP contribution is -1.93. The lowest BCUT2D eigenvalue weighted by atomic mass is 10.2. The summed E-state index contributed by atoms with van der Waals surface area (Å²) in [5.74, 6) is 0. The topological polar surface area (TPSA) is 37.3 Å². The zero-order valence-corrected chi connectivity index (χ0v) is 12.4. The van der Waals surface area contributed by atoms with E-state index in [2.05, 4.69) is 15.5 Å². The molecule has 0 saturated carbocycles. The van der Waals surface area contributed by atoms with Gasteiger partial charge in [0, 0.05) is 17.1 Å². The van der Waals surface area contributed by atoms with Crippen molar-refractivity contribution in [2.24, 2.45) is 5.10 Å². The number of rotatable bonds is 3. The molecule has 0 aliphatic carbocycles. The Hall–Kier alpha value is -2.10. The molecule has 0 unspecified atom stereocenters. The molecule has 0 spiro atoms. The summed E-state index contributed by atoms with van der Waals surface area (Å²) in [6.07, 6.45) is 3.39. The number of pyridine rings is 1. The fourth-order valence-corrected chi connectivity index (χ4v) is 2.34. The third kappa shape index (κ3) is 2.99. The summed E-state index contributed by atoms with van der Waals surface area (Å²) < 4.78 is 0. The average molecular weight is 316 g/mol. The number of hydrogen-bond donors (Lipinski definition) is 1. The van der Waals surface area contributed by atoms with Gasteiger partial charge in [-0.1, -0.05) is 53.5 Å². The van der Waals surface area contributed by atoms with Gasteiger partial charge in [-0.05, 0) is 18.2 Å². The molecule has 3 aromatic rings. The van der Waals surface area contributed by atoms with Crippen LogP contribution in [0.25, 0.3) is 10.9 Å². The maximum absolute atomic E-state index is 6.11. The van der Waals surface area contributed by atoms with Crippen LogP contribution >= 0.6 is 23.2 Å². The van der Waals surface area contributed by atoms with E-state index < -0.39 is 0 Å². The maximum Gasteiger partial charge on any atom is 0.0951 e. The highest BCUT2D eigenvalue weighted by Crippen LogP contribution is 2.24. The first kappa shape index (κ1) is 13.9. The van der Waals surface area contributed by atoms with E-state index in [1.54, 1.807) is 18.5 Å². The van der Waals surface area contributed by atoms with Crippen molar-refractivity contribution in [2.75, 3.05) is 5.43 Å². The molecule has 1 aromatic heterocycles. The van der Waals surface area contributed by atoms with Crippen molar-refractivity contribution in [1.29, 1.82) is 0 Å².